The van der Waals surface area contributed by atoms with Crippen molar-refractivity contribution in [1.29, 1.82) is 0 Å². The van der Waals surface area contributed by atoms with Crippen LogP contribution in [0.2, 0.25) is 0 Å². The summed E-state index contributed by atoms with van der Waals surface area (Å²) in [5.74, 6) is -0.0340. The maximum absolute atomic E-state index is 13.0. The van der Waals surface area contributed by atoms with Crippen molar-refractivity contribution < 1.29 is 9.53 Å². The lowest BCUT2D eigenvalue weighted by molar-refractivity contribution is 0.0739. The molecule has 3 nitrogen and oxygen atoms in total. The summed E-state index contributed by atoms with van der Waals surface area (Å²) in [5, 5.41) is 1.52. The number of hydrogen-bond donors (Lipinski definition) is 0. The maximum Gasteiger partial charge on any atom is 0.344 e. The van der Waals surface area contributed by atoms with Gasteiger partial charge in [0.05, 0.1) is 16.6 Å². The molecule has 1 heterocycles. The highest BCUT2D eigenvalue weighted by atomic mass is 16.5. The van der Waals surface area contributed by atoms with Crippen molar-refractivity contribution in [2.24, 2.45) is 0 Å². The molecule has 0 unspecified atom stereocenters. The smallest absolute Gasteiger partial charge is 0.344 e. The van der Waals surface area contributed by atoms with Crippen LogP contribution in [0.15, 0.2) is 66.7 Å². The molecule has 0 aliphatic heterocycles. The molecule has 0 fully saturated rings. The lowest BCUT2D eigenvalue weighted by atomic mass is 9.93. The second kappa shape index (κ2) is 6.06. The number of hydrogen-bond acceptors (Lipinski definition) is 3. The topological polar surface area (TPSA) is 39.2 Å². The third kappa shape index (κ3) is 2.66. The minimum absolute atomic E-state index is 0.400. The van der Waals surface area contributed by atoms with Gasteiger partial charge in [-0.05, 0) is 24.6 Å². The van der Waals surface area contributed by atoms with Crippen LogP contribution in [0.5, 0.6) is 5.75 Å². The minimum atomic E-state index is -0.434. The summed E-state index contributed by atoms with van der Waals surface area (Å²) in [4.78, 5) is 17.7. The first-order valence-corrected chi connectivity index (χ1v) is 8.00. The molecular weight excluding hydrogens is 309 g/mol. The molecule has 3 aromatic carbocycles. The monoisotopic (exact) mass is 323 g/mol. The second-order valence-electron chi connectivity index (χ2n) is 5.90. The van der Waals surface area contributed by atoms with Crippen LogP contribution < -0.4 is 10.2 Å². The quantitative estimate of drug-likeness (QED) is 0.244. The van der Waals surface area contributed by atoms with Crippen molar-refractivity contribution in [3.63, 3.8) is 0 Å². The van der Waals surface area contributed by atoms with Gasteiger partial charge < -0.3 is 4.74 Å². The Morgan fingerprint density at radius 1 is 0.880 bits per heavy atom. The number of rotatable bonds is 2. The first kappa shape index (κ1) is 15.4. The summed E-state index contributed by atoms with van der Waals surface area (Å²) in [6.07, 6.45) is 0. The van der Waals surface area contributed by atoms with Gasteiger partial charge in [-0.15, -0.1) is 0 Å². The normalized spacial score (nSPS) is 10.9. The maximum atomic E-state index is 13.0. The third-order valence-corrected chi connectivity index (χ3v) is 4.23. The molecule has 0 bridgehead atoms. The second-order valence-corrected chi connectivity index (χ2v) is 5.90. The standard InChI is InChI=1S/C21H14BNO2/c1-13-7-6-10-16(22)20(13)25-21(24)19-14-8-2-4-11-17(14)23-18-12-5-3-9-15(18)19/h2-12H,1H3. The number of pyridine rings is 1. The summed E-state index contributed by atoms with van der Waals surface area (Å²) in [6.45, 7) is 1.86. The Morgan fingerprint density at radius 3 is 2.08 bits per heavy atom. The van der Waals surface area contributed by atoms with Gasteiger partial charge in [0.1, 0.15) is 13.6 Å². The van der Waals surface area contributed by atoms with Crippen molar-refractivity contribution in [1.82, 2.24) is 4.98 Å². The van der Waals surface area contributed by atoms with E-state index in [9.17, 15) is 4.79 Å². The lowest BCUT2D eigenvalue weighted by Crippen LogP contribution is -2.17. The number of carbonyl (C=O) groups is 1. The molecule has 0 aliphatic carbocycles. The predicted molar refractivity (Wildman–Crippen MR) is 101 cm³/mol. The highest BCUT2D eigenvalue weighted by molar-refractivity contribution is 6.34. The zero-order valence-electron chi connectivity index (χ0n) is 13.7. The SMILES string of the molecule is [B]c1cccc(C)c1OC(=O)c1c2ccccc2nc2ccccc12. The van der Waals surface area contributed by atoms with Crippen molar-refractivity contribution in [3.05, 3.63) is 77.9 Å². The Hall–Kier alpha value is -3.14. The Kier molecular flexibility index (Phi) is 3.73. The molecule has 4 rings (SSSR count). The Morgan fingerprint density at radius 2 is 1.48 bits per heavy atom. The van der Waals surface area contributed by atoms with Crippen molar-refractivity contribution in [2.75, 3.05) is 0 Å². The van der Waals surface area contributed by atoms with E-state index >= 15 is 0 Å². The predicted octanol–water partition coefficient (Wildman–Crippen LogP) is 3.71. The van der Waals surface area contributed by atoms with Crippen LogP contribution >= 0.6 is 0 Å². The molecule has 0 saturated heterocycles. The highest BCUT2D eigenvalue weighted by Crippen LogP contribution is 2.27. The van der Waals surface area contributed by atoms with Gasteiger partial charge in [0.25, 0.3) is 0 Å². The molecule has 4 heteroatoms. The third-order valence-electron chi connectivity index (χ3n) is 4.23. The van der Waals surface area contributed by atoms with Crippen LogP contribution in [0.4, 0.5) is 0 Å². The van der Waals surface area contributed by atoms with Gasteiger partial charge in [0.15, 0.2) is 0 Å². The number of carbonyl (C=O) groups excluding carboxylic acids is 1. The van der Waals surface area contributed by atoms with Gasteiger partial charge in [0.2, 0.25) is 0 Å². The molecule has 4 aromatic rings. The van der Waals surface area contributed by atoms with E-state index in [4.69, 9.17) is 12.6 Å². The Bertz CT molecular complexity index is 1050. The minimum Gasteiger partial charge on any atom is -0.423 e. The van der Waals surface area contributed by atoms with Crippen LogP contribution in [0.1, 0.15) is 15.9 Å². The van der Waals surface area contributed by atoms with Gasteiger partial charge >= 0.3 is 5.97 Å². The van der Waals surface area contributed by atoms with E-state index in [1.54, 1.807) is 6.07 Å². The number of nitrogens with zero attached hydrogens (tertiary/aromatic N) is 1. The zero-order chi connectivity index (χ0) is 17.4. The molecular formula is C21H14BNO2. The molecule has 0 amide bonds. The van der Waals surface area contributed by atoms with Crippen molar-refractivity contribution >= 4 is 41.1 Å². The lowest BCUT2D eigenvalue weighted by Gasteiger charge is -2.13. The molecule has 118 valence electrons. The molecule has 2 radical (unpaired) electrons. The van der Waals surface area contributed by atoms with Gasteiger partial charge in [-0.1, -0.05) is 60.1 Å². The number of fused-ring (bicyclic) bond motifs is 2. The van der Waals surface area contributed by atoms with Gasteiger partial charge in [-0.25, -0.2) is 9.78 Å². The summed E-state index contributed by atoms with van der Waals surface area (Å²) in [5.41, 5.74) is 3.27. The van der Waals surface area contributed by atoms with Crippen LogP contribution in [0.3, 0.4) is 0 Å². The van der Waals surface area contributed by atoms with Crippen LogP contribution in [-0.4, -0.2) is 18.8 Å². The van der Waals surface area contributed by atoms with Gasteiger partial charge in [-0.2, -0.15) is 0 Å². The summed E-state index contributed by atoms with van der Waals surface area (Å²) in [6, 6.07) is 20.5. The van der Waals surface area contributed by atoms with Crippen LogP contribution in [0.25, 0.3) is 21.8 Å². The number of esters is 1. The fraction of sp³-hybridized carbons (Fsp3) is 0.0476. The first-order valence-electron chi connectivity index (χ1n) is 8.00. The number of para-hydroxylation sites is 3. The molecule has 0 aliphatic rings. The number of benzene rings is 3. The fourth-order valence-corrected chi connectivity index (χ4v) is 3.02. The molecule has 0 N–H and O–H groups in total. The number of aromatic nitrogens is 1. The van der Waals surface area contributed by atoms with E-state index in [0.717, 1.165) is 27.4 Å². The number of aryl methyl sites for hydroxylation is 1. The average molecular weight is 323 g/mol. The molecule has 0 atom stereocenters. The zero-order valence-corrected chi connectivity index (χ0v) is 13.7. The fourth-order valence-electron chi connectivity index (χ4n) is 3.02. The molecule has 0 saturated carbocycles. The van der Waals surface area contributed by atoms with Crippen molar-refractivity contribution in [3.8, 4) is 5.75 Å². The van der Waals surface area contributed by atoms with Gasteiger partial charge in [0, 0.05) is 10.8 Å². The van der Waals surface area contributed by atoms with Crippen LogP contribution in [0, 0.1) is 6.92 Å². The number of ether oxygens (including phenoxy) is 1. The molecule has 25 heavy (non-hydrogen) atoms. The average Bonchev–Trinajstić information content (AvgIpc) is 2.62. The summed E-state index contributed by atoms with van der Waals surface area (Å²) < 4.78 is 5.69. The van der Waals surface area contributed by atoms with E-state index < -0.39 is 5.97 Å². The van der Waals surface area contributed by atoms with E-state index in [1.165, 1.54) is 0 Å². The van der Waals surface area contributed by atoms with Crippen LogP contribution in [-0.2, 0) is 0 Å². The molecule has 0 spiro atoms. The van der Waals surface area contributed by atoms with E-state index in [1.807, 2.05) is 67.6 Å². The molecule has 1 aromatic heterocycles. The van der Waals surface area contributed by atoms with Crippen molar-refractivity contribution in [2.45, 2.75) is 6.92 Å². The van der Waals surface area contributed by atoms with Gasteiger partial charge in [-0.3, -0.25) is 0 Å². The Labute approximate surface area is 146 Å². The van der Waals surface area contributed by atoms with E-state index in [-0.39, 0.29) is 0 Å². The first-order chi connectivity index (χ1) is 12.1. The Balaban J connectivity index is 1.93. The van der Waals surface area contributed by atoms with E-state index in [2.05, 4.69) is 4.98 Å². The summed E-state index contributed by atoms with van der Waals surface area (Å²) >= 11 is 0. The largest absolute Gasteiger partial charge is 0.423 e. The van der Waals surface area contributed by atoms with E-state index in [0.29, 0.717) is 16.8 Å². The highest BCUT2D eigenvalue weighted by Gasteiger charge is 2.19. The summed E-state index contributed by atoms with van der Waals surface area (Å²) in [7, 11) is 5.98.